The van der Waals surface area contributed by atoms with E-state index in [2.05, 4.69) is 15.2 Å². The van der Waals surface area contributed by atoms with Crippen molar-refractivity contribution in [3.8, 4) is 0 Å². The van der Waals surface area contributed by atoms with Gasteiger partial charge in [0, 0.05) is 24.5 Å². The molecule has 0 aromatic carbocycles. The summed E-state index contributed by atoms with van der Waals surface area (Å²) in [4.78, 5) is 19.0. The van der Waals surface area contributed by atoms with Crippen LogP contribution >= 0.6 is 0 Å². The fourth-order valence-corrected chi connectivity index (χ4v) is 3.63. The zero-order valence-corrected chi connectivity index (χ0v) is 12.1. The fraction of sp³-hybridized carbons (Fsp3) is 0.500. The van der Waals surface area contributed by atoms with Gasteiger partial charge in [-0.1, -0.05) is 0 Å². The predicted molar refractivity (Wildman–Crippen MR) is 79.2 cm³/mol. The molecule has 2 aromatic rings. The van der Waals surface area contributed by atoms with Gasteiger partial charge in [0.05, 0.1) is 6.20 Å². The third-order valence-electron chi connectivity index (χ3n) is 4.56. The Kier molecular flexibility index (Phi) is 2.96. The van der Waals surface area contributed by atoms with Crippen LogP contribution in [0.5, 0.6) is 0 Å². The highest BCUT2D eigenvalue weighted by atomic mass is 16.3. The smallest absolute Gasteiger partial charge is 0.270 e. The zero-order valence-electron chi connectivity index (χ0n) is 12.1. The van der Waals surface area contributed by atoms with Gasteiger partial charge in [-0.3, -0.25) is 4.79 Å². The Morgan fingerprint density at radius 3 is 3.19 bits per heavy atom. The molecule has 2 unspecified atom stereocenters. The van der Waals surface area contributed by atoms with E-state index in [0.29, 0.717) is 5.69 Å². The number of furan rings is 1. The Bertz CT molecular complexity index is 682. The van der Waals surface area contributed by atoms with Gasteiger partial charge in [-0.15, -0.1) is 0 Å². The normalized spacial score (nSPS) is 28.0. The molecule has 4 heterocycles. The summed E-state index contributed by atoms with van der Waals surface area (Å²) in [6.07, 6.45) is 3.99. The molecular weight excluding hydrogens is 266 g/mol. The predicted octanol–water partition coefficient (Wildman–Crippen LogP) is 1.96. The van der Waals surface area contributed by atoms with Crippen molar-refractivity contribution in [3.63, 3.8) is 0 Å². The molecule has 4 rings (SSSR count). The van der Waals surface area contributed by atoms with Crippen LogP contribution in [0, 0.1) is 12.8 Å². The average Bonchev–Trinajstić information content (AvgIpc) is 2.99. The SMILES string of the molecule is Cc1cc2cc(C(=O)N[C@@H]3CC4CCN(C4)C3)ncc2o1. The number of aryl methyl sites for hydroxylation is 1. The minimum absolute atomic E-state index is 0.0803. The third-order valence-corrected chi connectivity index (χ3v) is 4.56. The molecule has 2 fully saturated rings. The second-order valence-electron chi connectivity index (χ2n) is 6.28. The van der Waals surface area contributed by atoms with Crippen molar-refractivity contribution < 1.29 is 9.21 Å². The van der Waals surface area contributed by atoms with Crippen molar-refractivity contribution in [2.45, 2.75) is 25.8 Å². The van der Waals surface area contributed by atoms with Crippen LogP contribution in [0.15, 0.2) is 22.7 Å². The molecule has 1 N–H and O–H groups in total. The number of piperidine rings is 1. The van der Waals surface area contributed by atoms with Gasteiger partial charge in [0.2, 0.25) is 0 Å². The number of pyridine rings is 1. The number of nitrogens with zero attached hydrogens (tertiary/aromatic N) is 2. The maximum atomic E-state index is 12.4. The lowest BCUT2D eigenvalue weighted by Crippen LogP contribution is -2.47. The summed E-state index contributed by atoms with van der Waals surface area (Å²) in [5.41, 5.74) is 1.20. The number of aromatic nitrogens is 1. The zero-order chi connectivity index (χ0) is 14.4. The van der Waals surface area contributed by atoms with Crippen LogP contribution in [-0.4, -0.2) is 41.5 Å². The van der Waals surface area contributed by atoms with E-state index in [1.54, 1.807) is 12.3 Å². The summed E-state index contributed by atoms with van der Waals surface area (Å²) in [5, 5.41) is 4.06. The molecule has 2 aromatic heterocycles. The highest BCUT2D eigenvalue weighted by molar-refractivity contribution is 5.95. The second-order valence-corrected chi connectivity index (χ2v) is 6.28. The van der Waals surface area contributed by atoms with Gasteiger partial charge >= 0.3 is 0 Å². The van der Waals surface area contributed by atoms with E-state index in [1.165, 1.54) is 19.5 Å². The van der Waals surface area contributed by atoms with Crippen LogP contribution in [-0.2, 0) is 0 Å². The van der Waals surface area contributed by atoms with Crippen LogP contribution in [0.2, 0.25) is 0 Å². The fourth-order valence-electron chi connectivity index (χ4n) is 3.63. The minimum Gasteiger partial charge on any atom is -0.460 e. The van der Waals surface area contributed by atoms with Gasteiger partial charge in [0.15, 0.2) is 5.58 Å². The molecule has 1 amide bonds. The summed E-state index contributed by atoms with van der Waals surface area (Å²) < 4.78 is 5.49. The molecule has 110 valence electrons. The van der Waals surface area contributed by atoms with Crippen molar-refractivity contribution in [3.05, 3.63) is 29.8 Å². The van der Waals surface area contributed by atoms with Crippen LogP contribution in [0.3, 0.4) is 0 Å². The summed E-state index contributed by atoms with van der Waals surface area (Å²) in [5.74, 6) is 1.50. The molecule has 2 aliphatic heterocycles. The van der Waals surface area contributed by atoms with E-state index in [1.807, 2.05) is 13.0 Å². The summed E-state index contributed by atoms with van der Waals surface area (Å²) in [6.45, 7) is 5.24. The molecule has 2 bridgehead atoms. The summed E-state index contributed by atoms with van der Waals surface area (Å²) in [7, 11) is 0. The topological polar surface area (TPSA) is 58.4 Å². The number of carbonyl (C=O) groups is 1. The number of hydrogen-bond donors (Lipinski definition) is 1. The molecule has 3 atom stereocenters. The van der Waals surface area contributed by atoms with E-state index < -0.39 is 0 Å². The van der Waals surface area contributed by atoms with Crippen LogP contribution < -0.4 is 5.32 Å². The van der Waals surface area contributed by atoms with E-state index in [9.17, 15) is 4.79 Å². The van der Waals surface area contributed by atoms with E-state index >= 15 is 0 Å². The number of fused-ring (bicyclic) bond motifs is 3. The lowest BCUT2D eigenvalue weighted by molar-refractivity contribution is 0.0904. The summed E-state index contributed by atoms with van der Waals surface area (Å²) >= 11 is 0. The largest absolute Gasteiger partial charge is 0.460 e. The average molecular weight is 285 g/mol. The molecular formula is C16H19N3O2. The van der Waals surface area contributed by atoms with Gasteiger partial charge in [-0.2, -0.15) is 0 Å². The third kappa shape index (κ3) is 2.42. The molecule has 2 saturated heterocycles. The lowest BCUT2D eigenvalue weighted by atomic mass is 9.97. The monoisotopic (exact) mass is 285 g/mol. The first-order valence-corrected chi connectivity index (χ1v) is 7.57. The van der Waals surface area contributed by atoms with Gasteiger partial charge in [0.25, 0.3) is 5.91 Å². The number of amides is 1. The van der Waals surface area contributed by atoms with Crippen molar-refractivity contribution >= 4 is 16.9 Å². The first-order chi connectivity index (χ1) is 10.2. The standard InChI is InChI=1S/C16H19N3O2/c1-10-4-12-6-14(17-7-15(12)21-10)16(20)18-13-5-11-2-3-19(8-11)9-13/h4,6-7,11,13H,2-3,5,8-9H2,1H3,(H,18,20)/t11?,13-/m1/s1. The Balaban J connectivity index is 1.50. The highest BCUT2D eigenvalue weighted by Gasteiger charge is 2.33. The Morgan fingerprint density at radius 1 is 1.43 bits per heavy atom. The lowest BCUT2D eigenvalue weighted by Gasteiger charge is -2.30. The number of rotatable bonds is 2. The first kappa shape index (κ1) is 12.8. The van der Waals surface area contributed by atoms with Crippen molar-refractivity contribution in [1.82, 2.24) is 15.2 Å². The van der Waals surface area contributed by atoms with Gasteiger partial charge < -0.3 is 14.6 Å². The molecule has 21 heavy (non-hydrogen) atoms. The van der Waals surface area contributed by atoms with Crippen molar-refractivity contribution in [1.29, 1.82) is 0 Å². The first-order valence-electron chi connectivity index (χ1n) is 7.57. The number of nitrogens with one attached hydrogen (secondary N) is 1. The minimum atomic E-state index is -0.0803. The molecule has 0 aliphatic carbocycles. The maximum absolute atomic E-state index is 12.4. The van der Waals surface area contributed by atoms with Gasteiger partial charge in [-0.25, -0.2) is 4.98 Å². The van der Waals surface area contributed by atoms with Gasteiger partial charge in [0.1, 0.15) is 11.5 Å². The Hall–Kier alpha value is -1.88. The van der Waals surface area contributed by atoms with E-state index in [4.69, 9.17) is 4.42 Å². The second kappa shape index (κ2) is 4.84. The van der Waals surface area contributed by atoms with Gasteiger partial charge in [-0.05, 0) is 44.4 Å². The van der Waals surface area contributed by atoms with Crippen molar-refractivity contribution in [2.75, 3.05) is 19.6 Å². The molecule has 5 nitrogen and oxygen atoms in total. The quantitative estimate of drug-likeness (QED) is 0.916. The Labute approximate surface area is 123 Å². The Morgan fingerprint density at radius 2 is 2.33 bits per heavy atom. The van der Waals surface area contributed by atoms with Crippen LogP contribution in [0.25, 0.3) is 11.0 Å². The molecule has 0 radical (unpaired) electrons. The van der Waals surface area contributed by atoms with E-state index in [-0.39, 0.29) is 11.9 Å². The molecule has 2 aliphatic rings. The highest BCUT2D eigenvalue weighted by Crippen LogP contribution is 2.27. The van der Waals surface area contributed by atoms with Crippen molar-refractivity contribution in [2.24, 2.45) is 5.92 Å². The molecule has 0 saturated carbocycles. The molecule has 5 heteroatoms. The number of hydrogen-bond acceptors (Lipinski definition) is 4. The molecule has 0 spiro atoms. The van der Waals surface area contributed by atoms with E-state index in [0.717, 1.165) is 35.6 Å². The maximum Gasteiger partial charge on any atom is 0.270 e. The van der Waals surface area contributed by atoms with Crippen LogP contribution in [0.1, 0.15) is 29.1 Å². The number of carbonyl (C=O) groups excluding carboxylic acids is 1. The van der Waals surface area contributed by atoms with Crippen LogP contribution in [0.4, 0.5) is 0 Å². The summed E-state index contributed by atoms with van der Waals surface area (Å²) in [6, 6.07) is 3.99.